The van der Waals surface area contributed by atoms with Crippen LogP contribution in [0.3, 0.4) is 0 Å². The molecule has 1 aromatic rings. The zero-order chi connectivity index (χ0) is 14.8. The fourth-order valence-corrected chi connectivity index (χ4v) is 1.64. The summed E-state index contributed by atoms with van der Waals surface area (Å²) >= 11 is 3.07. The standard InChI is InChI=1S/C12H13BrF2O3/c1-3-12(14,15)9-6-8(13)4-5-10(9)18-7(2)11(16)17/h4-7H,3H2,1-2H3,(H,16,17)/t7-/m0/s1/i7D. The number of carbonyl (C=O) groups is 1. The molecular formula is C12H13BrF2O3. The summed E-state index contributed by atoms with van der Waals surface area (Å²) < 4.78 is 40.4. The van der Waals surface area contributed by atoms with Crippen LogP contribution in [-0.2, 0) is 10.7 Å². The molecule has 1 atom stereocenters. The van der Waals surface area contributed by atoms with Crippen molar-refractivity contribution in [1.29, 1.82) is 0 Å². The lowest BCUT2D eigenvalue weighted by Gasteiger charge is -2.20. The first-order chi connectivity index (χ1) is 8.60. The summed E-state index contributed by atoms with van der Waals surface area (Å²) in [5.74, 6) is -5.02. The van der Waals surface area contributed by atoms with Gasteiger partial charge in [0.25, 0.3) is 5.92 Å². The second-order valence-electron chi connectivity index (χ2n) is 3.66. The van der Waals surface area contributed by atoms with E-state index in [1.54, 1.807) is 0 Å². The molecule has 0 bridgehead atoms. The molecule has 0 aromatic heterocycles. The Hall–Kier alpha value is -1.17. The van der Waals surface area contributed by atoms with Crippen molar-refractivity contribution < 1.29 is 24.8 Å². The van der Waals surface area contributed by atoms with Gasteiger partial charge in [-0.15, -0.1) is 0 Å². The van der Waals surface area contributed by atoms with E-state index in [1.807, 2.05) is 0 Å². The molecular weight excluding hydrogens is 310 g/mol. The largest absolute Gasteiger partial charge is 0.479 e. The zero-order valence-electron chi connectivity index (χ0n) is 10.8. The molecule has 0 fully saturated rings. The van der Waals surface area contributed by atoms with Crippen LogP contribution in [0.2, 0.25) is 0 Å². The van der Waals surface area contributed by atoms with Crippen molar-refractivity contribution in [3.05, 3.63) is 28.2 Å². The van der Waals surface area contributed by atoms with Gasteiger partial charge in [0.1, 0.15) is 5.75 Å². The first-order valence-corrected chi connectivity index (χ1v) is 5.99. The van der Waals surface area contributed by atoms with E-state index in [2.05, 4.69) is 15.9 Å². The van der Waals surface area contributed by atoms with E-state index in [-0.39, 0.29) is 5.75 Å². The molecule has 1 aromatic carbocycles. The predicted molar refractivity (Wildman–Crippen MR) is 66.1 cm³/mol. The van der Waals surface area contributed by atoms with Gasteiger partial charge in [0, 0.05) is 10.9 Å². The number of aliphatic carboxylic acids is 1. The van der Waals surface area contributed by atoms with Gasteiger partial charge in [-0.3, -0.25) is 0 Å². The lowest BCUT2D eigenvalue weighted by molar-refractivity contribution is -0.144. The summed E-state index contributed by atoms with van der Waals surface area (Å²) in [4.78, 5) is 10.8. The third-order valence-corrected chi connectivity index (χ3v) is 2.84. The van der Waals surface area contributed by atoms with Crippen LogP contribution in [0, 0.1) is 0 Å². The van der Waals surface area contributed by atoms with Gasteiger partial charge in [-0.25, -0.2) is 13.6 Å². The van der Waals surface area contributed by atoms with E-state index in [4.69, 9.17) is 11.2 Å². The number of carboxylic acid groups (broad SMARTS) is 1. The minimum absolute atomic E-state index is 0.310. The maximum atomic E-state index is 13.8. The van der Waals surface area contributed by atoms with E-state index in [0.717, 1.165) is 13.0 Å². The summed E-state index contributed by atoms with van der Waals surface area (Å²) in [7, 11) is 0. The SMILES string of the molecule is [2H][C@@](C)(Oc1ccc(Br)cc1C(F)(F)CC)C(=O)O. The van der Waals surface area contributed by atoms with Gasteiger partial charge >= 0.3 is 5.97 Å². The van der Waals surface area contributed by atoms with Crippen molar-refractivity contribution in [3.8, 4) is 5.75 Å². The molecule has 0 saturated heterocycles. The fraction of sp³-hybridized carbons (Fsp3) is 0.417. The molecule has 0 radical (unpaired) electrons. The monoisotopic (exact) mass is 323 g/mol. The Labute approximate surface area is 113 Å². The van der Waals surface area contributed by atoms with Crippen LogP contribution in [0.25, 0.3) is 0 Å². The van der Waals surface area contributed by atoms with Crippen molar-refractivity contribution in [2.75, 3.05) is 0 Å². The summed E-state index contributed by atoms with van der Waals surface area (Å²) in [5, 5.41) is 8.80. The molecule has 0 saturated carbocycles. The Bertz CT molecular complexity index is 492. The lowest BCUT2D eigenvalue weighted by Crippen LogP contribution is -2.25. The van der Waals surface area contributed by atoms with Gasteiger partial charge in [0.05, 0.1) is 6.93 Å². The summed E-state index contributed by atoms with van der Waals surface area (Å²) in [5.41, 5.74) is -0.441. The first-order valence-electron chi connectivity index (χ1n) is 5.70. The Morgan fingerprint density at radius 3 is 2.78 bits per heavy atom. The topological polar surface area (TPSA) is 46.5 Å². The Kier molecular flexibility index (Phi) is 4.16. The van der Waals surface area contributed by atoms with Crippen LogP contribution in [0.15, 0.2) is 22.7 Å². The van der Waals surface area contributed by atoms with Gasteiger partial charge < -0.3 is 9.84 Å². The Morgan fingerprint density at radius 2 is 2.28 bits per heavy atom. The van der Waals surface area contributed by atoms with E-state index in [0.29, 0.717) is 4.47 Å². The van der Waals surface area contributed by atoms with Crippen molar-refractivity contribution in [3.63, 3.8) is 0 Å². The molecule has 0 aliphatic carbocycles. The van der Waals surface area contributed by atoms with E-state index < -0.39 is 30.0 Å². The van der Waals surface area contributed by atoms with Gasteiger partial charge in [-0.05, 0) is 25.1 Å². The van der Waals surface area contributed by atoms with Crippen molar-refractivity contribution in [2.24, 2.45) is 0 Å². The normalized spacial score (nSPS) is 15.7. The average Bonchev–Trinajstić information content (AvgIpc) is 2.31. The van der Waals surface area contributed by atoms with Gasteiger partial charge in [0.15, 0.2) is 6.08 Å². The maximum Gasteiger partial charge on any atom is 0.344 e. The number of hydrogen-bond donors (Lipinski definition) is 1. The van der Waals surface area contributed by atoms with Crippen LogP contribution in [0.4, 0.5) is 8.78 Å². The minimum Gasteiger partial charge on any atom is -0.479 e. The minimum atomic E-state index is -3.16. The molecule has 0 aliphatic heterocycles. The van der Waals surface area contributed by atoms with Crippen LogP contribution < -0.4 is 4.74 Å². The Morgan fingerprint density at radius 1 is 1.67 bits per heavy atom. The number of hydrogen-bond acceptors (Lipinski definition) is 2. The first kappa shape index (κ1) is 13.3. The summed E-state index contributed by atoms with van der Waals surface area (Å²) in [6.07, 6.45) is -2.78. The quantitative estimate of drug-likeness (QED) is 0.896. The van der Waals surface area contributed by atoms with Gasteiger partial charge in [-0.1, -0.05) is 22.9 Å². The second-order valence-corrected chi connectivity index (χ2v) is 4.58. The number of ether oxygens (including phenoxy) is 1. The Balaban J connectivity index is 3.26. The highest BCUT2D eigenvalue weighted by Gasteiger charge is 2.33. The fourth-order valence-electron chi connectivity index (χ4n) is 1.28. The van der Waals surface area contributed by atoms with Crippen LogP contribution in [-0.4, -0.2) is 17.2 Å². The van der Waals surface area contributed by atoms with Crippen LogP contribution in [0.1, 0.15) is 27.2 Å². The predicted octanol–water partition coefficient (Wildman–Crippen LogP) is 3.80. The second kappa shape index (κ2) is 5.65. The molecule has 0 unspecified atom stereocenters. The molecule has 3 nitrogen and oxygen atoms in total. The van der Waals surface area contributed by atoms with Crippen LogP contribution in [0.5, 0.6) is 5.75 Å². The molecule has 0 heterocycles. The molecule has 1 rings (SSSR count). The van der Waals surface area contributed by atoms with Crippen molar-refractivity contribution in [1.82, 2.24) is 0 Å². The number of halogens is 3. The molecule has 6 heteroatoms. The zero-order valence-corrected chi connectivity index (χ0v) is 11.4. The molecule has 0 spiro atoms. The van der Waals surface area contributed by atoms with Gasteiger partial charge in [0.2, 0.25) is 0 Å². The molecule has 0 amide bonds. The number of alkyl halides is 2. The van der Waals surface area contributed by atoms with E-state index in [9.17, 15) is 13.6 Å². The highest BCUT2D eigenvalue weighted by molar-refractivity contribution is 9.10. The highest BCUT2D eigenvalue weighted by Crippen LogP contribution is 2.39. The molecule has 18 heavy (non-hydrogen) atoms. The van der Waals surface area contributed by atoms with Gasteiger partial charge in [-0.2, -0.15) is 0 Å². The molecule has 0 aliphatic rings. The third kappa shape index (κ3) is 3.41. The van der Waals surface area contributed by atoms with E-state index >= 15 is 0 Å². The number of benzene rings is 1. The number of rotatable bonds is 5. The van der Waals surface area contributed by atoms with Crippen molar-refractivity contribution in [2.45, 2.75) is 32.3 Å². The summed E-state index contributed by atoms with van der Waals surface area (Å²) in [6, 6.07) is 3.83. The van der Waals surface area contributed by atoms with E-state index in [1.165, 1.54) is 19.1 Å². The summed E-state index contributed by atoms with van der Waals surface area (Å²) in [6.45, 7) is 2.28. The third-order valence-electron chi connectivity index (χ3n) is 2.34. The average molecular weight is 324 g/mol. The smallest absolute Gasteiger partial charge is 0.344 e. The maximum absolute atomic E-state index is 13.8. The van der Waals surface area contributed by atoms with Crippen molar-refractivity contribution >= 4 is 21.9 Å². The molecule has 1 N–H and O–H groups in total. The van der Waals surface area contributed by atoms with Crippen LogP contribution >= 0.6 is 15.9 Å². The molecule has 100 valence electrons. The lowest BCUT2D eigenvalue weighted by atomic mass is 10.1. The highest BCUT2D eigenvalue weighted by atomic mass is 79.9. The number of carboxylic acids is 1.